The number of hydrogen-bond donors (Lipinski definition) is 1. The van der Waals surface area contributed by atoms with Crippen LogP contribution in [0.2, 0.25) is 0 Å². The fourth-order valence-electron chi connectivity index (χ4n) is 1.56. The fraction of sp³-hybridized carbons (Fsp3) is 0.200. The van der Waals surface area contributed by atoms with E-state index in [4.69, 9.17) is 0 Å². The number of nitrogens with zero attached hydrogens (tertiary/aromatic N) is 2. The van der Waals surface area contributed by atoms with Crippen LogP contribution in [0.1, 0.15) is 6.42 Å². The molecule has 19 heavy (non-hydrogen) atoms. The summed E-state index contributed by atoms with van der Waals surface area (Å²) < 4.78 is 0. The van der Waals surface area contributed by atoms with Crippen LogP contribution in [-0.4, -0.2) is 11.9 Å². The van der Waals surface area contributed by atoms with Gasteiger partial charge in [-0.3, -0.25) is 0 Å². The van der Waals surface area contributed by atoms with Gasteiger partial charge in [0.1, 0.15) is 0 Å². The Morgan fingerprint density at radius 2 is 1.47 bits per heavy atom. The van der Waals surface area contributed by atoms with Crippen molar-refractivity contribution < 1.29 is 0 Å². The summed E-state index contributed by atoms with van der Waals surface area (Å²) >= 11 is 3.41. The molecular weight excluding hydrogens is 302 g/mol. The molecule has 2 aromatic rings. The number of halogens is 1. The molecule has 0 saturated heterocycles. The average molecular weight is 318 g/mol. The lowest BCUT2D eigenvalue weighted by Gasteiger charge is -2.04. The van der Waals surface area contributed by atoms with Crippen LogP contribution in [-0.2, 0) is 0 Å². The van der Waals surface area contributed by atoms with Crippen molar-refractivity contribution in [3.05, 3.63) is 54.6 Å². The maximum atomic E-state index is 4.20. The van der Waals surface area contributed by atoms with Gasteiger partial charge in [0.15, 0.2) is 0 Å². The molecule has 0 aliphatic carbocycles. The lowest BCUT2D eigenvalue weighted by molar-refractivity contribution is 0.999. The molecule has 0 atom stereocenters. The first kappa shape index (κ1) is 13.7. The monoisotopic (exact) mass is 317 g/mol. The van der Waals surface area contributed by atoms with Gasteiger partial charge >= 0.3 is 0 Å². The molecule has 1 N–H and O–H groups in total. The van der Waals surface area contributed by atoms with Gasteiger partial charge in [0, 0.05) is 17.6 Å². The normalized spacial score (nSPS) is 10.8. The summed E-state index contributed by atoms with van der Waals surface area (Å²) in [5, 5.41) is 12.7. The molecule has 0 spiro atoms. The van der Waals surface area contributed by atoms with Crippen LogP contribution in [0.25, 0.3) is 0 Å². The summed E-state index contributed by atoms with van der Waals surface area (Å²) in [7, 11) is 0. The summed E-state index contributed by atoms with van der Waals surface area (Å²) in [5.74, 6) is 0. The third-order valence-corrected chi connectivity index (χ3v) is 3.10. The van der Waals surface area contributed by atoms with E-state index >= 15 is 0 Å². The first-order valence-corrected chi connectivity index (χ1v) is 7.37. The molecule has 0 aromatic heterocycles. The Hall–Kier alpha value is -1.68. The van der Waals surface area contributed by atoms with Gasteiger partial charge in [-0.2, -0.15) is 10.2 Å². The zero-order valence-electron chi connectivity index (χ0n) is 10.6. The number of anilines is 1. The van der Waals surface area contributed by atoms with E-state index in [0.29, 0.717) is 0 Å². The van der Waals surface area contributed by atoms with Crippen molar-refractivity contribution in [1.29, 1.82) is 0 Å². The number of rotatable bonds is 6. The third-order valence-electron chi connectivity index (χ3n) is 2.54. The van der Waals surface area contributed by atoms with E-state index in [1.54, 1.807) is 0 Å². The van der Waals surface area contributed by atoms with Gasteiger partial charge in [-0.25, -0.2) is 0 Å². The highest BCUT2D eigenvalue weighted by atomic mass is 79.9. The second-order valence-electron chi connectivity index (χ2n) is 4.05. The minimum atomic E-state index is 0.856. The number of alkyl halides is 1. The van der Waals surface area contributed by atoms with E-state index in [0.717, 1.165) is 35.4 Å². The molecule has 2 rings (SSSR count). The Kier molecular flexibility index (Phi) is 5.56. The number of hydrogen-bond acceptors (Lipinski definition) is 3. The quantitative estimate of drug-likeness (QED) is 0.438. The summed E-state index contributed by atoms with van der Waals surface area (Å²) in [5.41, 5.74) is 2.83. The van der Waals surface area contributed by atoms with E-state index in [9.17, 15) is 0 Å². The Morgan fingerprint density at radius 3 is 2.11 bits per heavy atom. The molecule has 4 heteroatoms. The number of benzene rings is 2. The molecule has 0 radical (unpaired) electrons. The predicted molar refractivity (Wildman–Crippen MR) is 84.0 cm³/mol. The van der Waals surface area contributed by atoms with Crippen molar-refractivity contribution in [2.45, 2.75) is 6.42 Å². The Morgan fingerprint density at radius 1 is 0.842 bits per heavy atom. The van der Waals surface area contributed by atoms with E-state index in [2.05, 4.69) is 31.5 Å². The van der Waals surface area contributed by atoms with E-state index in [1.165, 1.54) is 0 Å². The molecule has 0 heterocycles. The van der Waals surface area contributed by atoms with Crippen LogP contribution in [0.5, 0.6) is 0 Å². The topological polar surface area (TPSA) is 36.8 Å². The van der Waals surface area contributed by atoms with Crippen molar-refractivity contribution in [3.63, 3.8) is 0 Å². The van der Waals surface area contributed by atoms with E-state index < -0.39 is 0 Å². The molecule has 0 saturated carbocycles. The van der Waals surface area contributed by atoms with Gasteiger partial charge < -0.3 is 5.32 Å². The zero-order chi connectivity index (χ0) is 13.3. The van der Waals surface area contributed by atoms with Crippen LogP contribution in [0.3, 0.4) is 0 Å². The molecule has 0 aliphatic heterocycles. The zero-order valence-corrected chi connectivity index (χ0v) is 12.2. The SMILES string of the molecule is BrCCCNc1ccc(N=Nc2ccccc2)cc1. The van der Waals surface area contributed by atoms with Crippen LogP contribution >= 0.6 is 15.9 Å². The van der Waals surface area contributed by atoms with Crippen molar-refractivity contribution in [3.8, 4) is 0 Å². The number of nitrogens with one attached hydrogen (secondary N) is 1. The average Bonchev–Trinajstić information content (AvgIpc) is 2.48. The van der Waals surface area contributed by atoms with Gasteiger partial charge in [-0.1, -0.05) is 34.1 Å². The van der Waals surface area contributed by atoms with Gasteiger partial charge in [-0.15, -0.1) is 0 Å². The lowest BCUT2D eigenvalue weighted by Crippen LogP contribution is -2.00. The first-order valence-electron chi connectivity index (χ1n) is 6.25. The molecule has 0 aliphatic rings. The maximum Gasteiger partial charge on any atom is 0.0858 e. The second-order valence-corrected chi connectivity index (χ2v) is 4.84. The highest BCUT2D eigenvalue weighted by Crippen LogP contribution is 2.19. The number of azo groups is 1. The molecule has 2 aromatic carbocycles. The molecule has 0 fully saturated rings. The molecule has 3 nitrogen and oxygen atoms in total. The minimum Gasteiger partial charge on any atom is -0.385 e. The van der Waals surface area contributed by atoms with Gasteiger partial charge in [0.05, 0.1) is 11.4 Å². The van der Waals surface area contributed by atoms with Crippen LogP contribution in [0.4, 0.5) is 17.1 Å². The minimum absolute atomic E-state index is 0.856. The summed E-state index contributed by atoms with van der Waals surface area (Å²) in [6.07, 6.45) is 1.11. The molecule has 0 amide bonds. The maximum absolute atomic E-state index is 4.20. The smallest absolute Gasteiger partial charge is 0.0858 e. The Balaban J connectivity index is 1.93. The lowest BCUT2D eigenvalue weighted by atomic mass is 10.3. The molecule has 0 unspecified atom stereocenters. The van der Waals surface area contributed by atoms with Crippen LogP contribution in [0, 0.1) is 0 Å². The summed E-state index contributed by atoms with van der Waals surface area (Å²) in [6, 6.07) is 17.7. The first-order chi connectivity index (χ1) is 9.38. The van der Waals surface area contributed by atoms with E-state index in [1.807, 2.05) is 54.6 Å². The van der Waals surface area contributed by atoms with Gasteiger partial charge in [-0.05, 0) is 42.8 Å². The fourth-order valence-corrected chi connectivity index (χ4v) is 1.84. The van der Waals surface area contributed by atoms with E-state index in [-0.39, 0.29) is 0 Å². The van der Waals surface area contributed by atoms with Gasteiger partial charge in [0.2, 0.25) is 0 Å². The molecule has 0 bridgehead atoms. The standard InChI is InChI=1S/C15H16BrN3/c16-11-4-12-17-13-7-9-15(10-8-13)19-18-14-5-2-1-3-6-14/h1-3,5-10,17H,4,11-12H2. The summed E-state index contributed by atoms with van der Waals surface area (Å²) in [4.78, 5) is 0. The second kappa shape index (κ2) is 7.69. The molecule has 98 valence electrons. The van der Waals surface area contributed by atoms with Crippen molar-refractivity contribution >= 4 is 33.0 Å². The predicted octanol–water partition coefficient (Wildman–Crippen LogP) is 5.30. The highest BCUT2D eigenvalue weighted by Gasteiger charge is 1.93. The third kappa shape index (κ3) is 4.83. The Labute approximate surface area is 121 Å². The summed E-state index contributed by atoms with van der Waals surface area (Å²) in [6.45, 7) is 0.968. The largest absolute Gasteiger partial charge is 0.385 e. The Bertz CT molecular complexity index is 509. The van der Waals surface area contributed by atoms with Crippen molar-refractivity contribution in [2.75, 3.05) is 17.2 Å². The van der Waals surface area contributed by atoms with Crippen molar-refractivity contribution in [2.24, 2.45) is 10.2 Å². The molecular formula is C15H16BrN3. The highest BCUT2D eigenvalue weighted by molar-refractivity contribution is 9.09. The van der Waals surface area contributed by atoms with Crippen molar-refractivity contribution in [1.82, 2.24) is 0 Å². The van der Waals surface area contributed by atoms with Gasteiger partial charge in [0.25, 0.3) is 0 Å². The van der Waals surface area contributed by atoms with Crippen LogP contribution in [0.15, 0.2) is 64.8 Å². The van der Waals surface area contributed by atoms with Crippen LogP contribution < -0.4 is 5.32 Å².